The van der Waals surface area contributed by atoms with Gasteiger partial charge in [-0.25, -0.2) is 0 Å². The van der Waals surface area contributed by atoms with E-state index in [-0.39, 0.29) is 114 Å². The number of nitrogens with two attached hydrogens (primary N) is 3. The van der Waals surface area contributed by atoms with Gasteiger partial charge in [0.1, 0.15) is 85.4 Å². The lowest BCUT2D eigenvalue weighted by Crippen LogP contribution is -2.61. The van der Waals surface area contributed by atoms with Gasteiger partial charge in [-0.05, 0) is 118 Å². The number of aliphatic carboxylic acids is 1. The summed E-state index contributed by atoms with van der Waals surface area (Å²) < 4.78 is 7.17. The SMILES string of the molecule is CCCC[C@H]1C(=O)N(C)[C@@H](CCCC)C(=O)N[C@@H](CC(C)C)C(=O)NCCOCC(=O)N[C@@H](Cc2ccc(O)cc2)C(=O)N(C)[C@@H](C)C(=O)N[C@@H](CC(N)=O)C(=O)N2CCC[C@H]2C(=O)N[C@@H](CN)C(=O)N[C@@H](CC(C)C)C(=O)N2C[C@H](O)C[C@H]2C(=O)C[C@@H](Cc2c[nH]c3ccccc23)C(=O)N[C@@H](CCN)C(=O)N[C@@H](Cc2cn(CC(=O)O)c3ccccc23)C(=O)N1C. The van der Waals surface area contributed by atoms with Gasteiger partial charge in [0.05, 0.1) is 25.2 Å². The number of H-pyrrole nitrogens is 1. The van der Waals surface area contributed by atoms with Crippen molar-refractivity contribution in [2.45, 2.75) is 243 Å². The number of ether oxygens (including phenoxy) is 1. The topological polar surface area (TPSA) is 554 Å². The van der Waals surface area contributed by atoms with Crippen LogP contribution in [0.2, 0.25) is 0 Å². The number of benzene rings is 3. The van der Waals surface area contributed by atoms with E-state index in [9.17, 15) is 63.3 Å². The van der Waals surface area contributed by atoms with Crippen LogP contribution in [-0.4, -0.2) is 290 Å². The average Bonchev–Trinajstić information content (AvgIpc) is 1.67. The molecule has 0 spiro atoms. The molecule has 18 N–H and O–H groups in total. The lowest BCUT2D eigenvalue weighted by molar-refractivity contribution is -0.149. The molecule has 3 aliphatic rings. The fraction of sp³-hybridized carbons (Fsp3) is 0.573. The number of aromatic nitrogens is 2. The molecule has 3 fully saturated rings. The third kappa shape index (κ3) is 27.6. The predicted molar refractivity (Wildman–Crippen MR) is 468 cm³/mol. The van der Waals surface area contributed by atoms with Gasteiger partial charge in [-0.15, -0.1) is 0 Å². The number of likely N-dealkylation sites (N-methyl/N-ethyl adjacent to an activating group) is 3. The fourth-order valence-corrected chi connectivity index (χ4v) is 16.6. The number of para-hydroxylation sites is 2. The summed E-state index contributed by atoms with van der Waals surface area (Å²) in [5.41, 5.74) is 20.7. The number of nitrogens with one attached hydrogen (secondary N) is 9. The second-order valence-corrected chi connectivity index (χ2v) is 34.2. The van der Waals surface area contributed by atoms with Crippen molar-refractivity contribution < 1.29 is 96.8 Å². The van der Waals surface area contributed by atoms with Crippen LogP contribution in [0.5, 0.6) is 5.75 Å². The predicted octanol–water partition coefficient (Wildman–Crippen LogP) is 0.165. The molecular formula is C89H128N18O20. The number of Topliss-reactive ketones (excluding diaryl/α,β-unsaturated/α-hetero) is 1. The van der Waals surface area contributed by atoms with Crippen molar-refractivity contribution in [1.82, 2.24) is 76.6 Å². The third-order valence-corrected chi connectivity index (χ3v) is 23.6. The monoisotopic (exact) mass is 1770 g/mol. The average molecular weight is 1770 g/mol. The number of phenols is 1. The number of carbonyl (C=O) groups excluding carboxylic acids is 15. The molecule has 5 heterocycles. The first-order valence-corrected chi connectivity index (χ1v) is 43.8. The van der Waals surface area contributed by atoms with Crippen molar-refractivity contribution in [2.75, 3.05) is 67.1 Å². The van der Waals surface area contributed by atoms with E-state index in [2.05, 4.69) is 47.5 Å². The number of aromatic amines is 1. The molecule has 127 heavy (non-hydrogen) atoms. The highest BCUT2D eigenvalue weighted by Crippen LogP contribution is 2.31. The number of phenolic OH excluding ortho intramolecular Hbond substituents is 1. The number of carboxylic acid groups (broad SMARTS) is 1. The number of aromatic hydroxyl groups is 1. The molecule has 0 bridgehead atoms. The fourth-order valence-electron chi connectivity index (χ4n) is 16.6. The molecule has 2 aromatic heterocycles. The van der Waals surface area contributed by atoms with Gasteiger partial charge < -0.3 is 114 Å². The zero-order chi connectivity index (χ0) is 93.2. The van der Waals surface area contributed by atoms with E-state index in [0.717, 1.165) is 14.7 Å². The second kappa shape index (κ2) is 47.6. The number of carboxylic acids is 1. The zero-order valence-corrected chi connectivity index (χ0v) is 74.2. The molecule has 5 aromatic rings. The number of rotatable bonds is 23. The van der Waals surface area contributed by atoms with Gasteiger partial charge in [-0.1, -0.05) is 116 Å². The molecule has 14 amide bonds. The van der Waals surface area contributed by atoms with Crippen LogP contribution in [0.15, 0.2) is 85.2 Å². The summed E-state index contributed by atoms with van der Waals surface area (Å²) in [4.78, 5) is 242. The molecule has 0 unspecified atom stereocenters. The summed E-state index contributed by atoms with van der Waals surface area (Å²) in [6.45, 7) is 9.36. The molecule has 0 radical (unpaired) electrons. The minimum absolute atomic E-state index is 0.0167. The number of unbranched alkanes of at least 4 members (excludes halogenated alkanes) is 2. The summed E-state index contributed by atoms with van der Waals surface area (Å²) in [5.74, 6) is -15.7. The van der Waals surface area contributed by atoms with Gasteiger partial charge >= 0.3 is 5.97 Å². The number of ketones is 1. The van der Waals surface area contributed by atoms with E-state index in [1.165, 1.54) is 66.7 Å². The number of carbonyl (C=O) groups is 16. The summed E-state index contributed by atoms with van der Waals surface area (Å²) in [6, 6.07) is 2.51. The van der Waals surface area contributed by atoms with E-state index in [0.29, 0.717) is 64.2 Å². The first kappa shape index (κ1) is 101. The van der Waals surface area contributed by atoms with Gasteiger partial charge in [-0.3, -0.25) is 76.7 Å². The first-order chi connectivity index (χ1) is 60.4. The summed E-state index contributed by atoms with van der Waals surface area (Å²) >= 11 is 0. The van der Waals surface area contributed by atoms with Crippen LogP contribution in [0.25, 0.3) is 21.8 Å². The Kier molecular flexibility index (Phi) is 37.7. The number of amides is 14. The molecule has 3 saturated heterocycles. The highest BCUT2D eigenvalue weighted by Gasteiger charge is 2.46. The van der Waals surface area contributed by atoms with Crippen molar-refractivity contribution in [3.8, 4) is 5.75 Å². The highest BCUT2D eigenvalue weighted by molar-refractivity contribution is 6.02. The largest absolute Gasteiger partial charge is 0.508 e. The molecule has 3 aromatic carbocycles. The van der Waals surface area contributed by atoms with Crippen molar-refractivity contribution in [3.63, 3.8) is 0 Å². The lowest BCUT2D eigenvalue weighted by Gasteiger charge is -2.36. The molecule has 8 rings (SSSR count). The molecule has 38 heteroatoms. The summed E-state index contributed by atoms with van der Waals surface area (Å²) in [6.07, 6.45) is 1.66. The van der Waals surface area contributed by atoms with Gasteiger partial charge in [0.2, 0.25) is 82.7 Å². The Morgan fingerprint density at radius 2 is 1.16 bits per heavy atom. The number of nitrogens with zero attached hydrogens (tertiary/aromatic N) is 6. The Morgan fingerprint density at radius 3 is 1.81 bits per heavy atom. The number of aliphatic hydroxyl groups is 1. The molecule has 3 aliphatic heterocycles. The standard InChI is InChI=1S/C89H128N18O20/c1-11-13-23-70-83(120)97-63(36-50(3)4)80(117)93-33-35-127-49-76(112)95-65(38-53-27-29-57(108)30-28-53)85(122)102(8)52(7)78(115)98-67(43-75(92)111)87(124)106-34-19-26-71(106)84(121)101-68(44-91)82(119)99-64(37-51(5)6)88(125)107-47-58(109)42-73(107)74(110)41-54(39-55-45-94-61-22-17-15-20-59(55)61)79(116)96-62(31-32-90)81(118)100-66(86(123)104(10)72(24-14-12-2)89(126)103(70)9)40-56-46-105(48-77(113)114)69-25-18-16-21-60(56)69/h15-18,20-22,25,27-30,45-46,50-52,54,58,62-68,70-73,94,108-109H,11-14,19,23-24,26,31-44,47-49,90-91H2,1-10H3,(H2,92,111)(H,93,117)(H,95,112)(H,96,116)(H,97,120)(H,98,115)(H,99,119)(H,100,118)(H,101,121)(H,113,114)/t52-,54+,58+,62-,63-,64-,65-,66-,67-,68-,70-,71-,72-,73-/m0/s1. The van der Waals surface area contributed by atoms with Crippen LogP contribution in [0.3, 0.4) is 0 Å². The zero-order valence-electron chi connectivity index (χ0n) is 74.2. The molecule has 38 nitrogen and oxygen atoms in total. The number of hydrogen-bond acceptors (Lipinski definition) is 21. The van der Waals surface area contributed by atoms with E-state index >= 15 is 28.8 Å². The lowest BCUT2D eigenvalue weighted by atomic mass is 9.90. The molecular weight excluding hydrogens is 1640 g/mol. The van der Waals surface area contributed by atoms with Gasteiger partial charge in [0, 0.05) is 113 Å². The summed E-state index contributed by atoms with van der Waals surface area (Å²) in [7, 11) is 4.06. The van der Waals surface area contributed by atoms with Gasteiger partial charge in [0.25, 0.3) is 0 Å². The smallest absolute Gasteiger partial charge is 0.323 e. The first-order valence-electron chi connectivity index (χ1n) is 43.8. The molecule has 0 aliphatic carbocycles. The Hall–Kier alpha value is -11.9. The summed E-state index contributed by atoms with van der Waals surface area (Å²) in [5, 5.41) is 54.6. The van der Waals surface area contributed by atoms with E-state index in [1.807, 2.05) is 27.7 Å². The molecule has 14 atom stereocenters. The third-order valence-electron chi connectivity index (χ3n) is 23.6. The highest BCUT2D eigenvalue weighted by atomic mass is 16.5. The Bertz CT molecular complexity index is 4720. The van der Waals surface area contributed by atoms with Crippen LogP contribution in [-0.2, 0) is 107 Å². The van der Waals surface area contributed by atoms with Crippen LogP contribution < -0.4 is 59.7 Å². The van der Waals surface area contributed by atoms with Crippen LogP contribution in [0, 0.1) is 17.8 Å². The maximum Gasteiger partial charge on any atom is 0.323 e. The van der Waals surface area contributed by atoms with Crippen molar-refractivity contribution in [2.24, 2.45) is 35.0 Å². The van der Waals surface area contributed by atoms with E-state index in [1.54, 1.807) is 74.8 Å². The number of fused-ring (bicyclic) bond motifs is 4. The number of primary amides is 1. The quantitative estimate of drug-likeness (QED) is 0.0414. The normalized spacial score (nSPS) is 25.2. The minimum Gasteiger partial charge on any atom is -0.508 e. The van der Waals surface area contributed by atoms with Gasteiger partial charge in [-0.2, -0.15) is 0 Å². The Morgan fingerprint density at radius 1 is 0.575 bits per heavy atom. The number of hydrogen-bond donors (Lipinski definition) is 15. The van der Waals surface area contributed by atoms with E-state index in [4.69, 9.17) is 21.9 Å². The van der Waals surface area contributed by atoms with Crippen molar-refractivity contribution in [3.05, 3.63) is 102 Å². The minimum atomic E-state index is -1.72. The molecule has 0 saturated carbocycles. The van der Waals surface area contributed by atoms with Crippen molar-refractivity contribution >= 4 is 116 Å². The van der Waals surface area contributed by atoms with Crippen LogP contribution in [0.4, 0.5) is 0 Å². The van der Waals surface area contributed by atoms with E-state index < -0.39 is 218 Å². The van der Waals surface area contributed by atoms with Crippen molar-refractivity contribution in [1.29, 1.82) is 0 Å². The Labute approximate surface area is 738 Å². The van der Waals surface area contributed by atoms with Gasteiger partial charge in [0.15, 0.2) is 5.78 Å². The number of aliphatic hydroxyl groups excluding tert-OH is 1. The second-order valence-electron chi connectivity index (χ2n) is 34.2. The molecule has 694 valence electrons. The van der Waals surface area contributed by atoms with Crippen LogP contribution >= 0.6 is 0 Å². The maximum absolute atomic E-state index is 15.9. The Balaban J connectivity index is 1.17. The maximum atomic E-state index is 15.9. The van der Waals surface area contributed by atoms with Crippen LogP contribution in [0.1, 0.15) is 155 Å².